The summed E-state index contributed by atoms with van der Waals surface area (Å²) in [6, 6.07) is 8.78. The summed E-state index contributed by atoms with van der Waals surface area (Å²) < 4.78 is 5.27. The third-order valence-corrected chi connectivity index (χ3v) is 3.12. The van der Waals surface area contributed by atoms with Crippen molar-refractivity contribution in [3.05, 3.63) is 24.3 Å². The molecule has 1 aromatic rings. The molecule has 4 heteroatoms. The van der Waals surface area contributed by atoms with Gasteiger partial charge in [-0.25, -0.2) is 0 Å². The van der Waals surface area contributed by atoms with E-state index in [1.54, 1.807) is 7.11 Å². The van der Waals surface area contributed by atoms with Gasteiger partial charge in [-0.2, -0.15) is 0 Å². The average molecular weight is 235 g/mol. The Morgan fingerprint density at radius 2 is 2.41 bits per heavy atom. The van der Waals surface area contributed by atoms with Gasteiger partial charge in [-0.1, -0.05) is 6.07 Å². The van der Waals surface area contributed by atoms with Crippen molar-refractivity contribution in [2.24, 2.45) is 0 Å². The van der Waals surface area contributed by atoms with E-state index in [0.29, 0.717) is 6.04 Å². The fourth-order valence-corrected chi connectivity index (χ4v) is 2.25. The molecule has 94 valence electrons. The van der Waals surface area contributed by atoms with Crippen LogP contribution in [0.15, 0.2) is 24.3 Å². The third kappa shape index (κ3) is 3.11. The van der Waals surface area contributed by atoms with Crippen molar-refractivity contribution in [3.63, 3.8) is 0 Å². The van der Waals surface area contributed by atoms with Crippen LogP contribution in [0.25, 0.3) is 0 Å². The Hall–Kier alpha value is -1.26. The number of likely N-dealkylation sites (N-methyl/N-ethyl adjacent to an activating group) is 1. The summed E-state index contributed by atoms with van der Waals surface area (Å²) in [6.07, 6.45) is 0. The first kappa shape index (κ1) is 12.2. The molecule has 0 radical (unpaired) electrons. The van der Waals surface area contributed by atoms with Crippen molar-refractivity contribution in [2.75, 3.05) is 45.2 Å². The van der Waals surface area contributed by atoms with Gasteiger partial charge in [0, 0.05) is 44.0 Å². The zero-order chi connectivity index (χ0) is 12.1. The van der Waals surface area contributed by atoms with E-state index in [4.69, 9.17) is 4.74 Å². The number of nitrogens with zero attached hydrogens (tertiary/aromatic N) is 1. The SMILES string of the molecule is CNCC1CN(c2cccc(OC)c2)CCN1. The maximum Gasteiger partial charge on any atom is 0.120 e. The van der Waals surface area contributed by atoms with E-state index in [9.17, 15) is 0 Å². The van der Waals surface area contributed by atoms with Gasteiger partial charge in [0.25, 0.3) is 0 Å². The molecule has 17 heavy (non-hydrogen) atoms. The molecule has 1 aliphatic rings. The molecule has 0 aromatic heterocycles. The van der Waals surface area contributed by atoms with E-state index in [2.05, 4.69) is 27.7 Å². The number of hydrogen-bond acceptors (Lipinski definition) is 4. The van der Waals surface area contributed by atoms with Crippen LogP contribution in [0.1, 0.15) is 0 Å². The fraction of sp³-hybridized carbons (Fsp3) is 0.538. The highest BCUT2D eigenvalue weighted by Gasteiger charge is 2.18. The van der Waals surface area contributed by atoms with Crippen LogP contribution in [0.5, 0.6) is 5.75 Å². The second kappa shape index (κ2) is 5.89. The van der Waals surface area contributed by atoms with Gasteiger partial charge in [-0.15, -0.1) is 0 Å². The van der Waals surface area contributed by atoms with Gasteiger partial charge in [0.2, 0.25) is 0 Å². The molecule has 2 N–H and O–H groups in total. The van der Waals surface area contributed by atoms with Crippen molar-refractivity contribution in [1.29, 1.82) is 0 Å². The van der Waals surface area contributed by atoms with Crippen LogP contribution in [-0.2, 0) is 0 Å². The molecule has 0 aliphatic carbocycles. The molecule has 1 heterocycles. The average Bonchev–Trinajstić information content (AvgIpc) is 2.40. The van der Waals surface area contributed by atoms with Crippen LogP contribution in [0, 0.1) is 0 Å². The lowest BCUT2D eigenvalue weighted by Gasteiger charge is -2.35. The minimum Gasteiger partial charge on any atom is -0.497 e. The number of benzene rings is 1. The van der Waals surface area contributed by atoms with Gasteiger partial charge in [-0.3, -0.25) is 0 Å². The van der Waals surface area contributed by atoms with Gasteiger partial charge < -0.3 is 20.3 Å². The molecule has 0 saturated carbocycles. The summed E-state index contributed by atoms with van der Waals surface area (Å²) in [5.74, 6) is 0.922. The number of piperazine rings is 1. The molecule has 0 spiro atoms. The van der Waals surface area contributed by atoms with Gasteiger partial charge in [-0.05, 0) is 19.2 Å². The summed E-state index contributed by atoms with van der Waals surface area (Å²) in [5.41, 5.74) is 1.24. The molecule has 0 amide bonds. The van der Waals surface area contributed by atoms with Gasteiger partial charge in [0.05, 0.1) is 7.11 Å². The zero-order valence-electron chi connectivity index (χ0n) is 10.6. The smallest absolute Gasteiger partial charge is 0.120 e. The van der Waals surface area contributed by atoms with Crippen LogP contribution in [0.2, 0.25) is 0 Å². The Balaban J connectivity index is 2.05. The van der Waals surface area contributed by atoms with Gasteiger partial charge in [0.1, 0.15) is 5.75 Å². The van der Waals surface area contributed by atoms with E-state index in [1.165, 1.54) is 5.69 Å². The Kier molecular flexibility index (Phi) is 4.23. The standard InChI is InChI=1S/C13H21N3O/c1-14-9-11-10-16(7-6-15-11)12-4-3-5-13(8-12)17-2/h3-5,8,11,14-15H,6-7,9-10H2,1-2H3. The molecule has 1 aromatic carbocycles. The number of nitrogens with one attached hydrogen (secondary N) is 2. The number of ether oxygens (including phenoxy) is 1. The second-order valence-corrected chi connectivity index (χ2v) is 4.36. The summed E-state index contributed by atoms with van der Waals surface area (Å²) in [7, 11) is 3.70. The summed E-state index contributed by atoms with van der Waals surface area (Å²) in [4.78, 5) is 2.40. The molecule has 1 saturated heterocycles. The molecule has 1 fully saturated rings. The first-order valence-electron chi connectivity index (χ1n) is 6.10. The molecular formula is C13H21N3O. The summed E-state index contributed by atoms with van der Waals surface area (Å²) in [6.45, 7) is 4.12. The Morgan fingerprint density at radius 3 is 3.18 bits per heavy atom. The van der Waals surface area contributed by atoms with E-state index >= 15 is 0 Å². The number of hydrogen-bond donors (Lipinski definition) is 2. The molecule has 4 nitrogen and oxygen atoms in total. The van der Waals surface area contributed by atoms with Crippen molar-refractivity contribution < 1.29 is 4.74 Å². The highest BCUT2D eigenvalue weighted by Crippen LogP contribution is 2.21. The first-order valence-corrected chi connectivity index (χ1v) is 6.10. The monoisotopic (exact) mass is 235 g/mol. The van der Waals surface area contributed by atoms with E-state index in [-0.39, 0.29) is 0 Å². The lowest BCUT2D eigenvalue weighted by atomic mass is 10.1. The third-order valence-electron chi connectivity index (χ3n) is 3.12. The normalized spacial score (nSPS) is 20.4. The van der Waals surface area contributed by atoms with Crippen LogP contribution in [-0.4, -0.2) is 46.4 Å². The first-order chi connectivity index (χ1) is 8.33. The minimum atomic E-state index is 0.514. The van der Waals surface area contributed by atoms with E-state index in [0.717, 1.165) is 31.9 Å². The molecular weight excluding hydrogens is 214 g/mol. The van der Waals surface area contributed by atoms with Crippen LogP contribution in [0.3, 0.4) is 0 Å². The topological polar surface area (TPSA) is 36.5 Å². The van der Waals surface area contributed by atoms with Crippen LogP contribution < -0.4 is 20.3 Å². The molecule has 0 bridgehead atoms. The lowest BCUT2D eigenvalue weighted by Crippen LogP contribution is -2.54. The molecule has 1 unspecified atom stereocenters. The predicted octanol–water partition coefficient (Wildman–Crippen LogP) is 0.693. The highest BCUT2D eigenvalue weighted by atomic mass is 16.5. The molecule has 1 atom stereocenters. The quantitative estimate of drug-likeness (QED) is 0.805. The Morgan fingerprint density at radius 1 is 1.53 bits per heavy atom. The largest absolute Gasteiger partial charge is 0.497 e. The second-order valence-electron chi connectivity index (χ2n) is 4.36. The zero-order valence-corrected chi connectivity index (χ0v) is 10.6. The Bertz CT molecular complexity index is 354. The van der Waals surface area contributed by atoms with Gasteiger partial charge in [0.15, 0.2) is 0 Å². The predicted molar refractivity (Wildman–Crippen MR) is 70.9 cm³/mol. The summed E-state index contributed by atoms with van der Waals surface area (Å²) in [5, 5.41) is 6.73. The van der Waals surface area contributed by atoms with Crippen molar-refractivity contribution in [2.45, 2.75) is 6.04 Å². The van der Waals surface area contributed by atoms with E-state index in [1.807, 2.05) is 19.2 Å². The van der Waals surface area contributed by atoms with Crippen LogP contribution >= 0.6 is 0 Å². The Labute approximate surface area is 103 Å². The highest BCUT2D eigenvalue weighted by molar-refractivity contribution is 5.51. The maximum atomic E-state index is 5.27. The van der Waals surface area contributed by atoms with Gasteiger partial charge >= 0.3 is 0 Å². The fourth-order valence-electron chi connectivity index (χ4n) is 2.25. The van der Waals surface area contributed by atoms with Crippen molar-refractivity contribution >= 4 is 5.69 Å². The van der Waals surface area contributed by atoms with Crippen molar-refractivity contribution in [3.8, 4) is 5.75 Å². The van der Waals surface area contributed by atoms with E-state index < -0.39 is 0 Å². The van der Waals surface area contributed by atoms with Crippen molar-refractivity contribution in [1.82, 2.24) is 10.6 Å². The summed E-state index contributed by atoms with van der Waals surface area (Å²) >= 11 is 0. The number of methoxy groups -OCH3 is 1. The maximum absolute atomic E-state index is 5.27. The van der Waals surface area contributed by atoms with Crippen LogP contribution in [0.4, 0.5) is 5.69 Å². The molecule has 2 rings (SSSR count). The number of anilines is 1. The lowest BCUT2D eigenvalue weighted by molar-refractivity contribution is 0.413. The minimum absolute atomic E-state index is 0.514. The molecule has 1 aliphatic heterocycles. The number of rotatable bonds is 4.